The molecule has 5 heteroatoms. The molecule has 1 atom stereocenters. The highest BCUT2D eigenvalue weighted by Crippen LogP contribution is 2.40. The zero-order chi connectivity index (χ0) is 12.5. The quantitative estimate of drug-likeness (QED) is 0.693. The second-order valence-electron chi connectivity index (χ2n) is 4.78. The van der Waals surface area contributed by atoms with Crippen molar-refractivity contribution >= 4 is 33.3 Å². The van der Waals surface area contributed by atoms with Gasteiger partial charge < -0.3 is 5.11 Å². The van der Waals surface area contributed by atoms with Gasteiger partial charge in [0.25, 0.3) is 0 Å². The number of nitrogens with zero attached hydrogens (tertiary/aromatic N) is 2. The molecule has 0 amide bonds. The van der Waals surface area contributed by atoms with Gasteiger partial charge in [-0.1, -0.05) is 6.92 Å². The van der Waals surface area contributed by atoms with E-state index in [1.807, 2.05) is 11.3 Å². The van der Waals surface area contributed by atoms with Crippen LogP contribution in [0.25, 0.3) is 10.2 Å². The average Bonchev–Trinajstić information content (AvgIpc) is 2.73. The third-order valence-electron chi connectivity index (χ3n) is 3.39. The molecule has 2 aromatic rings. The van der Waals surface area contributed by atoms with E-state index in [9.17, 15) is 0 Å². The number of thiophene rings is 1. The molecule has 0 aliphatic heterocycles. The molecule has 1 N–H and O–H groups in total. The van der Waals surface area contributed by atoms with Gasteiger partial charge >= 0.3 is 0 Å². The maximum Gasteiger partial charge on any atom is 0.128 e. The highest BCUT2D eigenvalue weighted by Gasteiger charge is 2.22. The lowest BCUT2D eigenvalue weighted by molar-refractivity contribution is 0.322. The minimum Gasteiger partial charge on any atom is -0.396 e. The second kappa shape index (κ2) is 5.15. The third-order valence-corrected chi connectivity index (χ3v) is 5.52. The van der Waals surface area contributed by atoms with E-state index in [1.165, 1.54) is 28.7 Å². The van der Waals surface area contributed by atoms with Gasteiger partial charge in [-0.25, -0.2) is 9.97 Å². The van der Waals surface area contributed by atoms with E-state index in [0.717, 1.165) is 22.2 Å². The number of aliphatic hydroxyl groups is 1. The number of rotatable bonds is 3. The van der Waals surface area contributed by atoms with Crippen molar-refractivity contribution in [2.75, 3.05) is 12.4 Å². The molecular formula is C13H16N2OS2. The molecule has 0 saturated heterocycles. The molecule has 0 unspecified atom stereocenters. The summed E-state index contributed by atoms with van der Waals surface area (Å²) < 4.78 is 0. The van der Waals surface area contributed by atoms with Crippen LogP contribution >= 0.6 is 23.1 Å². The standard InChI is InChI=1S/C13H16N2OS2/c1-8-2-3-9-10(6-8)18-13-11(9)12(14-7-15-13)17-5-4-16/h7-8,16H,2-6H2,1H3/t8-/m0/s1. The SMILES string of the molecule is C[C@H]1CCc2c(sc3ncnc(SCCO)c23)C1. The van der Waals surface area contributed by atoms with Gasteiger partial charge in [-0.2, -0.15) is 0 Å². The molecule has 2 aromatic heterocycles. The number of aliphatic hydroxyl groups excluding tert-OH is 1. The maximum atomic E-state index is 8.96. The summed E-state index contributed by atoms with van der Waals surface area (Å²) >= 11 is 3.46. The number of thioether (sulfide) groups is 1. The van der Waals surface area contributed by atoms with E-state index in [2.05, 4.69) is 16.9 Å². The van der Waals surface area contributed by atoms with Crippen molar-refractivity contribution in [3.05, 3.63) is 16.8 Å². The Kier molecular flexibility index (Phi) is 3.54. The highest BCUT2D eigenvalue weighted by molar-refractivity contribution is 7.99. The monoisotopic (exact) mass is 280 g/mol. The van der Waals surface area contributed by atoms with Crippen LogP contribution in [0.3, 0.4) is 0 Å². The molecule has 0 saturated carbocycles. The van der Waals surface area contributed by atoms with Gasteiger partial charge in [0, 0.05) is 16.0 Å². The topological polar surface area (TPSA) is 46.0 Å². The first kappa shape index (κ1) is 12.4. The summed E-state index contributed by atoms with van der Waals surface area (Å²) in [6.45, 7) is 2.51. The molecule has 0 bridgehead atoms. The Labute approximate surface area is 115 Å². The van der Waals surface area contributed by atoms with Crippen LogP contribution in [0.5, 0.6) is 0 Å². The Bertz CT molecular complexity index is 567. The van der Waals surface area contributed by atoms with Crippen molar-refractivity contribution in [2.45, 2.75) is 31.2 Å². The molecule has 0 spiro atoms. The van der Waals surface area contributed by atoms with Crippen molar-refractivity contribution in [1.82, 2.24) is 9.97 Å². The van der Waals surface area contributed by atoms with Gasteiger partial charge in [0.2, 0.25) is 0 Å². The van der Waals surface area contributed by atoms with Gasteiger partial charge in [0.05, 0.1) is 6.61 Å². The lowest BCUT2D eigenvalue weighted by atomic mass is 9.89. The average molecular weight is 280 g/mol. The van der Waals surface area contributed by atoms with Crippen LogP contribution in [0.4, 0.5) is 0 Å². The number of aryl methyl sites for hydroxylation is 1. The number of hydrogen-bond donors (Lipinski definition) is 1. The summed E-state index contributed by atoms with van der Waals surface area (Å²) in [6, 6.07) is 0. The van der Waals surface area contributed by atoms with E-state index < -0.39 is 0 Å². The Balaban J connectivity index is 2.09. The molecular weight excluding hydrogens is 264 g/mol. The molecule has 2 heterocycles. The molecule has 3 rings (SSSR count). The van der Waals surface area contributed by atoms with E-state index in [0.29, 0.717) is 5.75 Å². The zero-order valence-corrected chi connectivity index (χ0v) is 12.0. The minimum absolute atomic E-state index is 0.194. The fourth-order valence-electron chi connectivity index (χ4n) is 2.50. The molecule has 3 nitrogen and oxygen atoms in total. The largest absolute Gasteiger partial charge is 0.396 e. The van der Waals surface area contributed by atoms with Gasteiger partial charge in [0.15, 0.2) is 0 Å². The summed E-state index contributed by atoms with van der Waals surface area (Å²) in [6.07, 6.45) is 5.24. The number of aromatic nitrogens is 2. The first-order chi connectivity index (χ1) is 8.79. The van der Waals surface area contributed by atoms with E-state index >= 15 is 0 Å². The molecule has 0 fully saturated rings. The summed E-state index contributed by atoms with van der Waals surface area (Å²) in [5.41, 5.74) is 1.47. The van der Waals surface area contributed by atoms with Crippen molar-refractivity contribution in [2.24, 2.45) is 5.92 Å². The van der Waals surface area contributed by atoms with Crippen LogP contribution < -0.4 is 0 Å². The van der Waals surface area contributed by atoms with Crippen LogP contribution in [0.15, 0.2) is 11.4 Å². The summed E-state index contributed by atoms with van der Waals surface area (Å²) in [5, 5.41) is 11.3. The Morgan fingerprint density at radius 3 is 3.22 bits per heavy atom. The molecule has 0 aromatic carbocycles. The number of hydrogen-bond acceptors (Lipinski definition) is 5. The lowest BCUT2D eigenvalue weighted by Gasteiger charge is -2.18. The first-order valence-electron chi connectivity index (χ1n) is 6.28. The van der Waals surface area contributed by atoms with Crippen molar-refractivity contribution in [3.63, 3.8) is 0 Å². The molecule has 1 aliphatic rings. The Morgan fingerprint density at radius 2 is 2.39 bits per heavy atom. The van der Waals surface area contributed by atoms with Crippen LogP contribution in [-0.4, -0.2) is 27.4 Å². The molecule has 18 heavy (non-hydrogen) atoms. The van der Waals surface area contributed by atoms with Gasteiger partial charge in [-0.05, 0) is 30.7 Å². The van der Waals surface area contributed by atoms with Crippen LogP contribution in [0.1, 0.15) is 23.8 Å². The van der Waals surface area contributed by atoms with Crippen molar-refractivity contribution < 1.29 is 5.11 Å². The van der Waals surface area contributed by atoms with E-state index in [-0.39, 0.29) is 6.61 Å². The van der Waals surface area contributed by atoms with Crippen LogP contribution in [-0.2, 0) is 12.8 Å². The normalized spacial score (nSPS) is 19.1. The van der Waals surface area contributed by atoms with Crippen LogP contribution in [0.2, 0.25) is 0 Å². The van der Waals surface area contributed by atoms with Gasteiger partial charge in [-0.15, -0.1) is 23.1 Å². The molecule has 96 valence electrons. The highest BCUT2D eigenvalue weighted by atomic mass is 32.2. The second-order valence-corrected chi connectivity index (χ2v) is 6.95. The third kappa shape index (κ3) is 2.15. The lowest BCUT2D eigenvalue weighted by Crippen LogP contribution is -2.08. The number of fused-ring (bicyclic) bond motifs is 3. The predicted octanol–water partition coefficient (Wildman–Crippen LogP) is 2.90. The molecule has 1 aliphatic carbocycles. The summed E-state index contributed by atoms with van der Waals surface area (Å²) in [4.78, 5) is 11.4. The first-order valence-corrected chi connectivity index (χ1v) is 8.08. The van der Waals surface area contributed by atoms with Gasteiger partial charge in [0.1, 0.15) is 16.2 Å². The maximum absolute atomic E-state index is 8.96. The zero-order valence-electron chi connectivity index (χ0n) is 10.3. The van der Waals surface area contributed by atoms with Crippen molar-refractivity contribution in [1.29, 1.82) is 0 Å². The van der Waals surface area contributed by atoms with E-state index in [1.54, 1.807) is 18.1 Å². The fourth-order valence-corrected chi connectivity index (χ4v) is 4.68. The fraction of sp³-hybridized carbons (Fsp3) is 0.538. The minimum atomic E-state index is 0.194. The summed E-state index contributed by atoms with van der Waals surface area (Å²) in [7, 11) is 0. The van der Waals surface area contributed by atoms with Gasteiger partial charge in [-0.3, -0.25) is 0 Å². The predicted molar refractivity (Wildman–Crippen MR) is 76.4 cm³/mol. The van der Waals surface area contributed by atoms with E-state index in [4.69, 9.17) is 5.11 Å². The Hall–Kier alpha value is -0.650. The van der Waals surface area contributed by atoms with Crippen LogP contribution in [0, 0.1) is 5.92 Å². The Morgan fingerprint density at radius 1 is 1.50 bits per heavy atom. The van der Waals surface area contributed by atoms with Crippen molar-refractivity contribution in [3.8, 4) is 0 Å². The molecule has 0 radical (unpaired) electrons. The smallest absolute Gasteiger partial charge is 0.128 e. The summed E-state index contributed by atoms with van der Waals surface area (Å²) in [5.74, 6) is 1.49.